The zero-order valence-corrected chi connectivity index (χ0v) is 15.4. The fraction of sp³-hybridized carbons (Fsp3) is 0.588. The first-order chi connectivity index (χ1) is 10.6. The first kappa shape index (κ1) is 19.5. The highest BCUT2D eigenvalue weighted by Gasteiger charge is 2.22. The number of carbonyl (C=O) groups is 1. The van der Waals surface area contributed by atoms with Gasteiger partial charge in [0.1, 0.15) is 5.75 Å². The molecule has 1 unspecified atom stereocenters. The van der Waals surface area contributed by atoms with Crippen molar-refractivity contribution in [3.63, 3.8) is 0 Å². The molecule has 1 atom stereocenters. The summed E-state index contributed by atoms with van der Waals surface area (Å²) < 4.78 is 27.9. The highest BCUT2D eigenvalue weighted by Crippen LogP contribution is 2.23. The number of carbonyl (C=O) groups excluding carboxylic acids is 1. The first-order valence-corrected chi connectivity index (χ1v) is 9.72. The molecule has 0 aliphatic rings. The van der Waals surface area contributed by atoms with Gasteiger partial charge in [-0.2, -0.15) is 8.42 Å². The largest absolute Gasteiger partial charge is 0.382 e. The van der Waals surface area contributed by atoms with Gasteiger partial charge in [-0.05, 0) is 25.3 Å². The monoisotopic (exact) mass is 341 g/mol. The fourth-order valence-electron chi connectivity index (χ4n) is 2.24. The van der Waals surface area contributed by atoms with E-state index in [1.165, 1.54) is 0 Å². The lowest BCUT2D eigenvalue weighted by Crippen LogP contribution is -2.38. The van der Waals surface area contributed by atoms with Crippen molar-refractivity contribution in [3.8, 4) is 5.75 Å². The van der Waals surface area contributed by atoms with E-state index in [0.717, 1.165) is 12.7 Å². The Morgan fingerprint density at radius 1 is 1.22 bits per heavy atom. The normalized spacial score (nSPS) is 13.0. The molecule has 5 nitrogen and oxygen atoms in total. The molecule has 6 heteroatoms. The van der Waals surface area contributed by atoms with Crippen LogP contribution in [0.2, 0.25) is 0 Å². The molecule has 1 aromatic carbocycles. The molecule has 0 N–H and O–H groups in total. The molecule has 130 valence electrons. The van der Waals surface area contributed by atoms with Crippen molar-refractivity contribution in [1.82, 2.24) is 4.90 Å². The number of nitrogens with zero attached hydrogens (tertiary/aromatic N) is 1. The van der Waals surface area contributed by atoms with Crippen molar-refractivity contribution in [2.75, 3.05) is 6.26 Å². The second kappa shape index (κ2) is 8.34. The second-order valence-corrected chi connectivity index (χ2v) is 7.85. The summed E-state index contributed by atoms with van der Waals surface area (Å²) in [6.45, 7) is 8.38. The Balaban J connectivity index is 3.06. The van der Waals surface area contributed by atoms with Crippen molar-refractivity contribution in [1.29, 1.82) is 0 Å². The van der Waals surface area contributed by atoms with Gasteiger partial charge < -0.3 is 9.08 Å². The van der Waals surface area contributed by atoms with Crippen LogP contribution >= 0.6 is 0 Å². The van der Waals surface area contributed by atoms with Crippen LogP contribution in [0.5, 0.6) is 5.75 Å². The van der Waals surface area contributed by atoms with E-state index in [-0.39, 0.29) is 23.6 Å². The van der Waals surface area contributed by atoms with Gasteiger partial charge in [0.05, 0.1) is 6.26 Å². The van der Waals surface area contributed by atoms with Crippen molar-refractivity contribution in [2.45, 2.75) is 53.1 Å². The van der Waals surface area contributed by atoms with E-state index in [9.17, 15) is 13.2 Å². The second-order valence-electron chi connectivity index (χ2n) is 6.27. The topological polar surface area (TPSA) is 63.7 Å². The Hall–Kier alpha value is -1.56. The van der Waals surface area contributed by atoms with Gasteiger partial charge in [0.2, 0.25) is 5.91 Å². The van der Waals surface area contributed by atoms with E-state index in [1.807, 2.05) is 33.8 Å². The van der Waals surface area contributed by atoms with Crippen LogP contribution in [-0.2, 0) is 21.5 Å². The predicted octanol–water partition coefficient (Wildman–Crippen LogP) is 3.20. The van der Waals surface area contributed by atoms with Crippen LogP contribution in [0.25, 0.3) is 0 Å². The van der Waals surface area contributed by atoms with Crippen LogP contribution < -0.4 is 4.18 Å². The number of para-hydroxylation sites is 1. The smallest absolute Gasteiger partial charge is 0.306 e. The van der Waals surface area contributed by atoms with Crippen molar-refractivity contribution >= 4 is 16.0 Å². The maximum atomic E-state index is 12.5. The van der Waals surface area contributed by atoms with Crippen LogP contribution in [0.3, 0.4) is 0 Å². The summed E-state index contributed by atoms with van der Waals surface area (Å²) in [6.07, 6.45) is 2.32. The van der Waals surface area contributed by atoms with Gasteiger partial charge in [-0.25, -0.2) is 0 Å². The summed E-state index contributed by atoms with van der Waals surface area (Å²) in [6, 6.07) is 7.00. The summed E-state index contributed by atoms with van der Waals surface area (Å²) >= 11 is 0. The Bertz CT molecular complexity index is 625. The van der Waals surface area contributed by atoms with Crippen molar-refractivity contribution < 1.29 is 17.4 Å². The fourth-order valence-corrected chi connectivity index (χ4v) is 2.73. The number of rotatable bonds is 8. The highest BCUT2D eigenvalue weighted by molar-refractivity contribution is 7.86. The Morgan fingerprint density at radius 3 is 2.35 bits per heavy atom. The molecule has 0 bridgehead atoms. The van der Waals surface area contributed by atoms with E-state index in [4.69, 9.17) is 4.18 Å². The summed E-state index contributed by atoms with van der Waals surface area (Å²) in [5, 5.41) is 0. The number of amides is 1. The minimum Gasteiger partial charge on any atom is -0.382 e. The average molecular weight is 341 g/mol. The lowest BCUT2D eigenvalue weighted by Gasteiger charge is -2.30. The van der Waals surface area contributed by atoms with Crippen LogP contribution in [0.4, 0.5) is 0 Å². The van der Waals surface area contributed by atoms with E-state index in [0.29, 0.717) is 18.5 Å². The molecule has 0 aliphatic heterocycles. The molecule has 0 aliphatic carbocycles. The van der Waals surface area contributed by atoms with Crippen molar-refractivity contribution in [2.24, 2.45) is 5.92 Å². The van der Waals surface area contributed by atoms with Gasteiger partial charge in [-0.15, -0.1) is 0 Å². The third kappa shape index (κ3) is 6.60. The Morgan fingerprint density at radius 2 is 1.83 bits per heavy atom. The lowest BCUT2D eigenvalue weighted by atomic mass is 10.1. The third-order valence-corrected chi connectivity index (χ3v) is 4.06. The zero-order chi connectivity index (χ0) is 17.6. The molecule has 0 saturated carbocycles. The maximum Gasteiger partial charge on any atom is 0.306 e. The highest BCUT2D eigenvalue weighted by atomic mass is 32.2. The molecule has 0 aromatic heterocycles. The summed E-state index contributed by atoms with van der Waals surface area (Å²) in [5.41, 5.74) is 0.690. The minimum absolute atomic E-state index is 0.0727. The van der Waals surface area contributed by atoms with E-state index < -0.39 is 10.1 Å². The van der Waals surface area contributed by atoms with Gasteiger partial charge in [-0.3, -0.25) is 4.79 Å². The average Bonchev–Trinajstić information content (AvgIpc) is 2.43. The third-order valence-electron chi connectivity index (χ3n) is 3.58. The molecule has 1 rings (SSSR count). The summed E-state index contributed by atoms with van der Waals surface area (Å²) in [7, 11) is -3.60. The van der Waals surface area contributed by atoms with E-state index in [1.54, 1.807) is 23.1 Å². The lowest BCUT2D eigenvalue weighted by molar-refractivity contribution is -0.134. The SMILES string of the molecule is CCC(C)N(Cc1ccccc1OS(C)(=O)=O)C(=O)CC(C)C. The standard InChI is InChI=1S/C17H27NO4S/c1-6-14(4)18(17(19)11-13(2)3)12-15-9-7-8-10-16(15)22-23(5,20)21/h7-10,13-14H,6,11-12H2,1-5H3. The number of benzene rings is 1. The molecular formula is C17H27NO4S. The van der Waals surface area contributed by atoms with Crippen molar-refractivity contribution in [3.05, 3.63) is 29.8 Å². The van der Waals surface area contributed by atoms with Crippen LogP contribution in [0.1, 0.15) is 46.1 Å². The van der Waals surface area contributed by atoms with E-state index in [2.05, 4.69) is 0 Å². The molecule has 0 fully saturated rings. The van der Waals surface area contributed by atoms with Gasteiger partial charge in [0.25, 0.3) is 0 Å². The zero-order valence-electron chi connectivity index (χ0n) is 14.6. The Labute approximate surface area is 139 Å². The molecule has 1 amide bonds. The first-order valence-electron chi connectivity index (χ1n) is 7.90. The Kier molecular flexibility index (Phi) is 7.06. The maximum absolute atomic E-state index is 12.5. The predicted molar refractivity (Wildman–Crippen MR) is 91.7 cm³/mol. The molecule has 23 heavy (non-hydrogen) atoms. The molecule has 0 heterocycles. The van der Waals surface area contributed by atoms with Crippen LogP contribution in [-0.4, -0.2) is 31.5 Å². The van der Waals surface area contributed by atoms with Gasteiger partial charge in [-0.1, -0.05) is 39.0 Å². The molecule has 0 spiro atoms. The van der Waals surface area contributed by atoms with Gasteiger partial charge in [0.15, 0.2) is 0 Å². The van der Waals surface area contributed by atoms with E-state index >= 15 is 0 Å². The van der Waals surface area contributed by atoms with Gasteiger partial charge >= 0.3 is 10.1 Å². The van der Waals surface area contributed by atoms with Gasteiger partial charge in [0, 0.05) is 24.6 Å². The quantitative estimate of drug-likeness (QED) is 0.681. The summed E-state index contributed by atoms with van der Waals surface area (Å²) in [4.78, 5) is 14.3. The van der Waals surface area contributed by atoms with Crippen LogP contribution in [0, 0.1) is 5.92 Å². The molecule has 0 saturated heterocycles. The molecule has 0 radical (unpaired) electrons. The summed E-state index contributed by atoms with van der Waals surface area (Å²) in [5.74, 6) is 0.626. The van der Waals surface area contributed by atoms with Crippen LogP contribution in [0.15, 0.2) is 24.3 Å². The molecule has 1 aromatic rings. The number of hydrogen-bond donors (Lipinski definition) is 0. The number of hydrogen-bond acceptors (Lipinski definition) is 4. The minimum atomic E-state index is -3.60. The molecular weight excluding hydrogens is 314 g/mol.